The van der Waals surface area contributed by atoms with E-state index in [1.165, 1.54) is 17.7 Å². The number of hydrogen-bond donors (Lipinski definition) is 2. The molecule has 0 aliphatic carbocycles. The van der Waals surface area contributed by atoms with Gasteiger partial charge >= 0.3 is 0 Å². The number of rotatable bonds is 5. The number of thiophene rings is 1. The Hall–Kier alpha value is -2.25. The molecule has 2 N–H and O–H groups in total. The number of H-pyrrole nitrogens is 1. The summed E-state index contributed by atoms with van der Waals surface area (Å²) in [6.07, 6.45) is 2.36. The molecule has 25 heavy (non-hydrogen) atoms. The SMILES string of the molecule is O=C(NC[C@H]1CCCN(Cc2cccs2)C1)c1ccc2n[nH]nc2c1. The molecule has 4 rings (SSSR count). The van der Waals surface area contributed by atoms with Crippen LogP contribution in [0.4, 0.5) is 0 Å². The van der Waals surface area contributed by atoms with Crippen molar-refractivity contribution in [1.29, 1.82) is 0 Å². The molecule has 1 atom stereocenters. The van der Waals surface area contributed by atoms with Gasteiger partial charge in [-0.15, -0.1) is 11.3 Å². The van der Waals surface area contributed by atoms with E-state index in [1.54, 1.807) is 12.1 Å². The highest BCUT2D eigenvalue weighted by Crippen LogP contribution is 2.20. The predicted molar refractivity (Wildman–Crippen MR) is 98.5 cm³/mol. The van der Waals surface area contributed by atoms with Gasteiger partial charge in [0.1, 0.15) is 11.0 Å². The van der Waals surface area contributed by atoms with E-state index in [9.17, 15) is 4.79 Å². The van der Waals surface area contributed by atoms with Crippen molar-refractivity contribution in [3.63, 3.8) is 0 Å². The Labute approximate surface area is 150 Å². The molecule has 0 spiro atoms. The third kappa shape index (κ3) is 3.88. The number of amides is 1. The Morgan fingerprint density at radius 3 is 3.12 bits per heavy atom. The molecule has 1 amide bonds. The zero-order valence-electron chi connectivity index (χ0n) is 13.9. The highest BCUT2D eigenvalue weighted by molar-refractivity contribution is 7.09. The first-order chi connectivity index (χ1) is 12.3. The maximum atomic E-state index is 12.4. The second kappa shape index (κ2) is 7.33. The first kappa shape index (κ1) is 16.2. The van der Waals surface area contributed by atoms with E-state index in [0.717, 1.165) is 31.7 Å². The Morgan fingerprint density at radius 1 is 1.32 bits per heavy atom. The van der Waals surface area contributed by atoms with Gasteiger partial charge in [-0.05, 0) is 54.9 Å². The normalized spacial score (nSPS) is 18.5. The van der Waals surface area contributed by atoms with Crippen LogP contribution >= 0.6 is 11.3 Å². The Kier molecular flexibility index (Phi) is 4.76. The summed E-state index contributed by atoms with van der Waals surface area (Å²) in [6.45, 7) is 3.92. The molecule has 6 nitrogen and oxygen atoms in total. The number of aromatic amines is 1. The van der Waals surface area contributed by atoms with Crippen LogP contribution in [0, 0.1) is 5.92 Å². The zero-order chi connectivity index (χ0) is 17.1. The molecular weight excluding hydrogens is 334 g/mol. The quantitative estimate of drug-likeness (QED) is 0.738. The van der Waals surface area contributed by atoms with Crippen molar-refractivity contribution in [2.24, 2.45) is 5.92 Å². The van der Waals surface area contributed by atoms with E-state index in [2.05, 4.69) is 43.1 Å². The number of nitrogens with one attached hydrogen (secondary N) is 2. The molecule has 3 aromatic rings. The summed E-state index contributed by atoms with van der Waals surface area (Å²) in [4.78, 5) is 16.3. The third-order valence-corrected chi connectivity index (χ3v) is 5.55. The van der Waals surface area contributed by atoms with Crippen LogP contribution in [-0.2, 0) is 6.54 Å². The van der Waals surface area contributed by atoms with Crippen molar-refractivity contribution >= 4 is 28.3 Å². The summed E-state index contributed by atoms with van der Waals surface area (Å²) in [5, 5.41) is 15.8. The number of carbonyl (C=O) groups excluding carboxylic acids is 1. The van der Waals surface area contributed by atoms with Crippen molar-refractivity contribution < 1.29 is 4.79 Å². The zero-order valence-corrected chi connectivity index (χ0v) is 14.8. The fraction of sp³-hybridized carbons (Fsp3) is 0.389. The van der Waals surface area contributed by atoms with Crippen LogP contribution in [0.3, 0.4) is 0 Å². The van der Waals surface area contributed by atoms with Gasteiger partial charge in [0.2, 0.25) is 0 Å². The van der Waals surface area contributed by atoms with E-state index in [4.69, 9.17) is 0 Å². The smallest absolute Gasteiger partial charge is 0.251 e. The second-order valence-electron chi connectivity index (χ2n) is 6.56. The van der Waals surface area contributed by atoms with Gasteiger partial charge < -0.3 is 5.32 Å². The molecule has 0 unspecified atom stereocenters. The molecule has 0 bridgehead atoms. The predicted octanol–water partition coefficient (Wildman–Crippen LogP) is 2.66. The number of likely N-dealkylation sites (tertiary alicyclic amines) is 1. The minimum Gasteiger partial charge on any atom is -0.352 e. The lowest BCUT2D eigenvalue weighted by Crippen LogP contribution is -2.40. The monoisotopic (exact) mass is 355 g/mol. The second-order valence-corrected chi connectivity index (χ2v) is 7.59. The van der Waals surface area contributed by atoms with Crippen LogP contribution in [0.25, 0.3) is 11.0 Å². The number of fused-ring (bicyclic) bond motifs is 1. The number of piperidine rings is 1. The van der Waals surface area contributed by atoms with E-state index >= 15 is 0 Å². The van der Waals surface area contributed by atoms with Crippen LogP contribution in [0.5, 0.6) is 0 Å². The van der Waals surface area contributed by atoms with Crippen LogP contribution in [0.15, 0.2) is 35.7 Å². The first-order valence-electron chi connectivity index (χ1n) is 8.61. The Balaban J connectivity index is 1.31. The Bertz CT molecular complexity index is 844. The maximum Gasteiger partial charge on any atom is 0.251 e. The molecule has 0 saturated carbocycles. The van der Waals surface area contributed by atoms with Gasteiger partial charge in [-0.1, -0.05) is 6.07 Å². The number of hydrogen-bond acceptors (Lipinski definition) is 5. The van der Waals surface area contributed by atoms with E-state index in [0.29, 0.717) is 17.0 Å². The Morgan fingerprint density at radius 2 is 2.24 bits per heavy atom. The van der Waals surface area contributed by atoms with Crippen LogP contribution in [0.1, 0.15) is 28.1 Å². The van der Waals surface area contributed by atoms with Gasteiger partial charge in [0, 0.05) is 30.1 Å². The summed E-state index contributed by atoms with van der Waals surface area (Å²) in [5.41, 5.74) is 2.12. The van der Waals surface area contributed by atoms with Crippen molar-refractivity contribution in [2.75, 3.05) is 19.6 Å². The standard InChI is InChI=1S/C18H21N5OS/c24-18(14-5-6-16-17(9-14)21-22-20-16)19-10-13-3-1-7-23(11-13)12-15-4-2-8-25-15/h2,4-6,8-9,13H,1,3,7,10-12H2,(H,19,24)(H,20,21,22)/t13-/m1/s1. The highest BCUT2D eigenvalue weighted by Gasteiger charge is 2.21. The maximum absolute atomic E-state index is 12.4. The molecule has 1 aliphatic rings. The topological polar surface area (TPSA) is 73.9 Å². The molecule has 1 fully saturated rings. The highest BCUT2D eigenvalue weighted by atomic mass is 32.1. The number of carbonyl (C=O) groups is 1. The number of nitrogens with zero attached hydrogens (tertiary/aromatic N) is 3. The summed E-state index contributed by atoms with van der Waals surface area (Å²) in [5.74, 6) is 0.466. The summed E-state index contributed by atoms with van der Waals surface area (Å²) >= 11 is 1.81. The summed E-state index contributed by atoms with van der Waals surface area (Å²) < 4.78 is 0. The fourth-order valence-electron chi connectivity index (χ4n) is 3.41. The van der Waals surface area contributed by atoms with Crippen LogP contribution in [-0.4, -0.2) is 45.9 Å². The molecule has 3 heterocycles. The van der Waals surface area contributed by atoms with Gasteiger partial charge in [0.15, 0.2) is 0 Å². The molecule has 1 aromatic carbocycles. The van der Waals surface area contributed by atoms with Crippen molar-refractivity contribution in [2.45, 2.75) is 19.4 Å². The molecule has 1 aliphatic heterocycles. The summed E-state index contributed by atoms with van der Waals surface area (Å²) in [6, 6.07) is 9.68. The first-order valence-corrected chi connectivity index (χ1v) is 9.49. The van der Waals surface area contributed by atoms with Gasteiger partial charge in [0.05, 0.1) is 0 Å². The van der Waals surface area contributed by atoms with Gasteiger partial charge in [-0.25, -0.2) is 0 Å². The largest absolute Gasteiger partial charge is 0.352 e. The van der Waals surface area contributed by atoms with Crippen LogP contribution in [0.2, 0.25) is 0 Å². The average Bonchev–Trinajstić information content (AvgIpc) is 3.30. The lowest BCUT2D eigenvalue weighted by molar-refractivity contribution is 0.0931. The molecule has 2 aromatic heterocycles. The van der Waals surface area contributed by atoms with E-state index in [1.807, 2.05) is 17.4 Å². The molecule has 1 saturated heterocycles. The van der Waals surface area contributed by atoms with Crippen molar-refractivity contribution in [3.8, 4) is 0 Å². The molecule has 0 radical (unpaired) electrons. The molecular formula is C18H21N5OS. The number of benzene rings is 1. The van der Waals surface area contributed by atoms with Gasteiger partial charge in [-0.2, -0.15) is 15.4 Å². The summed E-state index contributed by atoms with van der Waals surface area (Å²) in [7, 11) is 0. The van der Waals surface area contributed by atoms with Gasteiger partial charge in [0.25, 0.3) is 5.91 Å². The van der Waals surface area contributed by atoms with Crippen molar-refractivity contribution in [3.05, 3.63) is 46.2 Å². The number of aromatic nitrogens is 3. The average molecular weight is 355 g/mol. The van der Waals surface area contributed by atoms with E-state index < -0.39 is 0 Å². The minimum atomic E-state index is -0.0414. The lowest BCUT2D eigenvalue weighted by atomic mass is 9.98. The fourth-order valence-corrected chi connectivity index (χ4v) is 4.15. The van der Waals surface area contributed by atoms with Crippen molar-refractivity contribution in [1.82, 2.24) is 25.6 Å². The lowest BCUT2D eigenvalue weighted by Gasteiger charge is -2.32. The van der Waals surface area contributed by atoms with E-state index in [-0.39, 0.29) is 5.91 Å². The molecule has 130 valence electrons. The molecule has 7 heteroatoms. The minimum absolute atomic E-state index is 0.0414. The third-order valence-electron chi connectivity index (χ3n) is 4.69. The van der Waals surface area contributed by atoms with Gasteiger partial charge in [-0.3, -0.25) is 9.69 Å². The van der Waals surface area contributed by atoms with Crippen LogP contribution < -0.4 is 5.32 Å².